The summed E-state index contributed by atoms with van der Waals surface area (Å²) < 4.78 is 5.74. The fraction of sp³-hybridized carbons (Fsp3) is 0.444. The van der Waals surface area contributed by atoms with Crippen molar-refractivity contribution in [3.8, 4) is 0 Å². The second-order valence-corrected chi connectivity index (χ2v) is 4.45. The summed E-state index contributed by atoms with van der Waals surface area (Å²) in [4.78, 5) is 13.3. The molecule has 1 aromatic rings. The van der Waals surface area contributed by atoms with E-state index in [0.717, 1.165) is 18.3 Å². The van der Waals surface area contributed by atoms with Crippen LogP contribution in [0.25, 0.3) is 0 Å². The number of halogens is 2. The molecule has 3 nitrogen and oxygen atoms in total. The molecular weight excluding hydrogens is 314 g/mol. The third-order valence-corrected chi connectivity index (χ3v) is 2.74. The van der Waals surface area contributed by atoms with E-state index in [-0.39, 0.29) is 5.91 Å². The summed E-state index contributed by atoms with van der Waals surface area (Å²) in [6.07, 6.45) is 0.935. The Kier molecular flexibility index (Phi) is 4.68. The van der Waals surface area contributed by atoms with E-state index in [4.69, 9.17) is 4.42 Å². The van der Waals surface area contributed by atoms with E-state index in [1.54, 1.807) is 24.1 Å². The summed E-state index contributed by atoms with van der Waals surface area (Å²) in [6.45, 7) is 0.725. The summed E-state index contributed by atoms with van der Waals surface area (Å²) in [5.41, 5.74) is 0. The smallest absolute Gasteiger partial charge is 0.289 e. The highest BCUT2D eigenvalue weighted by Crippen LogP contribution is 2.15. The van der Waals surface area contributed by atoms with Gasteiger partial charge in [0.15, 0.2) is 10.4 Å². The van der Waals surface area contributed by atoms with Gasteiger partial charge < -0.3 is 9.32 Å². The number of amides is 1. The van der Waals surface area contributed by atoms with Crippen molar-refractivity contribution in [1.29, 1.82) is 0 Å². The molecule has 0 saturated heterocycles. The van der Waals surface area contributed by atoms with Crippen LogP contribution in [0.4, 0.5) is 0 Å². The highest BCUT2D eigenvalue weighted by atomic mass is 79.9. The number of rotatable bonds is 4. The summed E-state index contributed by atoms with van der Waals surface area (Å²) >= 11 is 6.48. The first-order valence-electron chi connectivity index (χ1n) is 4.22. The Morgan fingerprint density at radius 2 is 2.29 bits per heavy atom. The topological polar surface area (TPSA) is 33.5 Å². The molecule has 0 saturated carbocycles. The van der Waals surface area contributed by atoms with Crippen molar-refractivity contribution in [1.82, 2.24) is 4.90 Å². The number of hydrogen-bond acceptors (Lipinski definition) is 2. The SMILES string of the molecule is CN(CCCBr)C(=O)c1ccc(Br)o1. The second kappa shape index (κ2) is 5.56. The molecule has 0 spiro atoms. The van der Waals surface area contributed by atoms with E-state index >= 15 is 0 Å². The lowest BCUT2D eigenvalue weighted by Gasteiger charge is -2.14. The van der Waals surface area contributed by atoms with E-state index in [1.807, 2.05) is 0 Å². The van der Waals surface area contributed by atoms with Crippen LogP contribution in [0, 0.1) is 0 Å². The van der Waals surface area contributed by atoms with Gasteiger partial charge >= 0.3 is 0 Å². The maximum Gasteiger partial charge on any atom is 0.289 e. The van der Waals surface area contributed by atoms with Gasteiger partial charge in [-0.1, -0.05) is 15.9 Å². The number of carbonyl (C=O) groups excluding carboxylic acids is 1. The van der Waals surface area contributed by atoms with E-state index in [1.165, 1.54) is 0 Å². The molecule has 0 radical (unpaired) electrons. The van der Waals surface area contributed by atoms with E-state index in [9.17, 15) is 4.79 Å². The fourth-order valence-corrected chi connectivity index (χ4v) is 1.57. The average Bonchev–Trinajstić information content (AvgIpc) is 2.60. The van der Waals surface area contributed by atoms with Crippen LogP contribution in [0.5, 0.6) is 0 Å². The van der Waals surface area contributed by atoms with Gasteiger partial charge in [0.05, 0.1) is 0 Å². The number of alkyl halides is 1. The molecule has 0 aliphatic heterocycles. The minimum atomic E-state index is -0.0864. The molecule has 1 amide bonds. The Morgan fingerprint density at radius 1 is 1.57 bits per heavy atom. The van der Waals surface area contributed by atoms with Gasteiger partial charge in [0.2, 0.25) is 0 Å². The Morgan fingerprint density at radius 3 is 2.79 bits per heavy atom. The van der Waals surface area contributed by atoms with Crippen LogP contribution in [-0.2, 0) is 0 Å². The molecule has 14 heavy (non-hydrogen) atoms. The molecule has 5 heteroatoms. The lowest BCUT2D eigenvalue weighted by molar-refractivity contribution is 0.0763. The lowest BCUT2D eigenvalue weighted by atomic mass is 10.3. The molecule has 0 aliphatic rings. The predicted octanol–water partition coefficient (Wildman–Crippen LogP) is 2.90. The summed E-state index contributed by atoms with van der Waals surface area (Å²) in [5, 5.41) is 0.895. The van der Waals surface area contributed by atoms with Gasteiger partial charge in [-0.3, -0.25) is 4.79 Å². The van der Waals surface area contributed by atoms with Gasteiger partial charge in [0, 0.05) is 18.9 Å². The average molecular weight is 325 g/mol. The van der Waals surface area contributed by atoms with E-state index in [2.05, 4.69) is 31.9 Å². The van der Waals surface area contributed by atoms with Crippen molar-refractivity contribution in [2.45, 2.75) is 6.42 Å². The quantitative estimate of drug-likeness (QED) is 0.798. The maximum absolute atomic E-state index is 11.7. The van der Waals surface area contributed by atoms with Crippen molar-refractivity contribution in [2.24, 2.45) is 0 Å². The number of carbonyl (C=O) groups is 1. The third-order valence-electron chi connectivity index (χ3n) is 1.76. The van der Waals surface area contributed by atoms with E-state index < -0.39 is 0 Å². The zero-order chi connectivity index (χ0) is 10.6. The van der Waals surface area contributed by atoms with Crippen LogP contribution >= 0.6 is 31.9 Å². The highest BCUT2D eigenvalue weighted by Gasteiger charge is 2.14. The van der Waals surface area contributed by atoms with Crippen molar-refractivity contribution in [3.05, 3.63) is 22.6 Å². The van der Waals surface area contributed by atoms with Gasteiger partial charge in [-0.15, -0.1) is 0 Å². The number of nitrogens with zero attached hydrogens (tertiary/aromatic N) is 1. The molecule has 0 aromatic carbocycles. The van der Waals surface area contributed by atoms with Crippen LogP contribution in [0.2, 0.25) is 0 Å². The second-order valence-electron chi connectivity index (χ2n) is 2.87. The van der Waals surface area contributed by atoms with Crippen LogP contribution in [-0.4, -0.2) is 29.7 Å². The monoisotopic (exact) mass is 323 g/mol. The summed E-state index contributed by atoms with van der Waals surface area (Å²) in [6, 6.07) is 3.38. The van der Waals surface area contributed by atoms with Crippen LogP contribution in [0.3, 0.4) is 0 Å². The Hall–Kier alpha value is -0.290. The zero-order valence-electron chi connectivity index (χ0n) is 7.80. The first-order chi connectivity index (χ1) is 6.65. The Bertz CT molecular complexity index is 312. The van der Waals surface area contributed by atoms with Gasteiger partial charge in [-0.2, -0.15) is 0 Å². The fourth-order valence-electron chi connectivity index (χ4n) is 1.02. The molecule has 0 atom stereocenters. The molecule has 0 aliphatic carbocycles. The standard InChI is InChI=1S/C9H11Br2NO2/c1-12(6-2-5-10)9(13)7-3-4-8(11)14-7/h3-4H,2,5-6H2,1H3. The van der Waals surface area contributed by atoms with Crippen LogP contribution in [0.1, 0.15) is 17.0 Å². The predicted molar refractivity (Wildman–Crippen MR) is 61.8 cm³/mol. The van der Waals surface area contributed by atoms with Crippen molar-refractivity contribution >= 4 is 37.8 Å². The van der Waals surface area contributed by atoms with Crippen LogP contribution in [0.15, 0.2) is 21.2 Å². The summed E-state index contributed by atoms with van der Waals surface area (Å²) in [5.74, 6) is 0.283. The number of hydrogen-bond donors (Lipinski definition) is 0. The largest absolute Gasteiger partial charge is 0.444 e. The van der Waals surface area contributed by atoms with Crippen LogP contribution < -0.4 is 0 Å². The molecule has 1 heterocycles. The molecule has 0 unspecified atom stereocenters. The van der Waals surface area contributed by atoms with E-state index in [0.29, 0.717) is 10.4 Å². The van der Waals surface area contributed by atoms with Crippen molar-refractivity contribution in [3.63, 3.8) is 0 Å². The molecule has 0 N–H and O–H groups in total. The van der Waals surface area contributed by atoms with Gasteiger partial charge in [-0.25, -0.2) is 0 Å². The highest BCUT2D eigenvalue weighted by molar-refractivity contribution is 9.10. The molecule has 0 fully saturated rings. The summed E-state index contributed by atoms with van der Waals surface area (Å²) in [7, 11) is 1.77. The Labute approximate surface area is 99.7 Å². The first-order valence-corrected chi connectivity index (χ1v) is 6.13. The molecule has 1 rings (SSSR count). The maximum atomic E-state index is 11.7. The first kappa shape index (κ1) is 11.8. The minimum Gasteiger partial charge on any atom is -0.444 e. The molecular formula is C9H11Br2NO2. The number of furan rings is 1. The molecule has 1 aromatic heterocycles. The van der Waals surface area contributed by atoms with Gasteiger partial charge in [0.1, 0.15) is 0 Å². The normalized spacial score (nSPS) is 10.2. The van der Waals surface area contributed by atoms with Gasteiger partial charge in [0.25, 0.3) is 5.91 Å². The third kappa shape index (κ3) is 3.13. The zero-order valence-corrected chi connectivity index (χ0v) is 11.0. The molecule has 78 valence electrons. The Balaban J connectivity index is 2.56. The molecule has 0 bridgehead atoms. The van der Waals surface area contributed by atoms with Crippen molar-refractivity contribution < 1.29 is 9.21 Å². The minimum absolute atomic E-state index is 0.0864. The van der Waals surface area contributed by atoms with Crippen molar-refractivity contribution in [2.75, 3.05) is 18.9 Å². The lowest BCUT2D eigenvalue weighted by Crippen LogP contribution is -2.27. The van der Waals surface area contributed by atoms with Gasteiger partial charge in [-0.05, 0) is 34.5 Å².